The SMILES string of the molecule is COC(=O)CCCCCO[C@H]1O[C@H](CO[C@@H]2O[C@H](CO)[C@@H](O)[C@H](O)[C@H]2NC(C)=O)[C@H](O)[C@H](O[C@@H]2O[C@H](CO)[C@H](O)[C@H](O)[C@H]2O)[C@H]1NC(C)=O. The van der Waals surface area contributed by atoms with Gasteiger partial charge < -0.3 is 84.6 Å². The van der Waals surface area contributed by atoms with Gasteiger partial charge in [-0.2, -0.15) is 0 Å². The maximum atomic E-state index is 12.3. The molecule has 3 rings (SSSR count). The highest BCUT2D eigenvalue weighted by Crippen LogP contribution is 2.31. The molecule has 3 heterocycles. The van der Waals surface area contributed by atoms with Crippen LogP contribution in [-0.4, -0.2) is 184 Å². The fourth-order valence-corrected chi connectivity index (χ4v) is 5.73. The van der Waals surface area contributed by atoms with Crippen LogP contribution in [0.15, 0.2) is 0 Å². The van der Waals surface area contributed by atoms with Crippen molar-refractivity contribution < 1.29 is 88.4 Å². The molecular weight excluding hydrogens is 664 g/mol. The lowest BCUT2D eigenvalue weighted by Gasteiger charge is -2.48. The molecule has 3 aliphatic heterocycles. The van der Waals surface area contributed by atoms with E-state index in [1.807, 2.05) is 0 Å². The first-order valence-corrected chi connectivity index (χ1v) is 16.0. The Bertz CT molecular complexity index is 1050. The minimum absolute atomic E-state index is 0.0387. The van der Waals surface area contributed by atoms with Crippen molar-refractivity contribution in [3.05, 3.63) is 0 Å². The zero-order valence-corrected chi connectivity index (χ0v) is 27.5. The summed E-state index contributed by atoms with van der Waals surface area (Å²) in [5, 5.41) is 87.9. The van der Waals surface area contributed by atoms with Gasteiger partial charge in [-0.3, -0.25) is 14.4 Å². The average Bonchev–Trinajstić information content (AvgIpc) is 3.06. The van der Waals surface area contributed by atoms with E-state index in [0.717, 1.165) is 6.92 Å². The number of esters is 1. The molecule has 3 aliphatic rings. The topological polar surface area (TPSA) is 302 Å². The molecule has 0 aromatic heterocycles. The number of amides is 2. The van der Waals surface area contributed by atoms with Gasteiger partial charge in [-0.1, -0.05) is 6.42 Å². The van der Waals surface area contributed by atoms with Crippen LogP contribution >= 0.6 is 0 Å². The number of unbranched alkanes of at least 4 members (excludes halogenated alkanes) is 2. The molecular formula is C29H50N2O18. The zero-order chi connectivity index (χ0) is 36.4. The molecule has 3 saturated heterocycles. The standard InChI is InChI=1S/C29H50N2O18/c1-12(34)30-18-23(40)20(37)14(9-32)46-27(18)45-11-16-22(39)26(49-29-25(42)24(41)21(38)15(10-33)47-29)19(31-13(2)35)28(48-16)44-8-6-4-5-7-17(36)43-3/h14-16,18-29,32-33,37-42H,4-11H2,1-3H3,(H,30,34)(H,31,35)/t14-,15-,16-,18-,19-,20-,21+,22+,23-,24+,25-,26-,27-,28+,29+/m1/s1. The van der Waals surface area contributed by atoms with Crippen molar-refractivity contribution >= 4 is 17.8 Å². The van der Waals surface area contributed by atoms with Crippen molar-refractivity contribution in [3.8, 4) is 0 Å². The molecule has 0 spiro atoms. The molecule has 10 N–H and O–H groups in total. The summed E-state index contributed by atoms with van der Waals surface area (Å²) in [6.45, 7) is 0.344. The number of ether oxygens (including phenoxy) is 7. The van der Waals surface area contributed by atoms with Gasteiger partial charge in [0.1, 0.15) is 73.1 Å². The van der Waals surface area contributed by atoms with Crippen LogP contribution in [0.3, 0.4) is 0 Å². The van der Waals surface area contributed by atoms with Gasteiger partial charge >= 0.3 is 5.97 Å². The van der Waals surface area contributed by atoms with Crippen LogP contribution in [0.25, 0.3) is 0 Å². The zero-order valence-electron chi connectivity index (χ0n) is 27.5. The van der Waals surface area contributed by atoms with E-state index in [9.17, 15) is 55.2 Å². The molecule has 284 valence electrons. The Labute approximate surface area is 282 Å². The molecule has 15 atom stereocenters. The van der Waals surface area contributed by atoms with E-state index in [1.54, 1.807) is 0 Å². The summed E-state index contributed by atoms with van der Waals surface area (Å²) < 4.78 is 39.3. The lowest BCUT2D eigenvalue weighted by atomic mass is 9.95. The Morgan fingerprint density at radius 1 is 0.633 bits per heavy atom. The average molecular weight is 715 g/mol. The van der Waals surface area contributed by atoms with E-state index in [2.05, 4.69) is 15.4 Å². The van der Waals surface area contributed by atoms with Gasteiger partial charge in [0.05, 0.1) is 26.9 Å². The maximum absolute atomic E-state index is 12.3. The number of carbonyl (C=O) groups excluding carboxylic acids is 3. The Hall–Kier alpha value is -2.15. The third-order valence-corrected chi connectivity index (χ3v) is 8.39. The van der Waals surface area contributed by atoms with Gasteiger partial charge in [0.25, 0.3) is 0 Å². The Kier molecular flexibility index (Phi) is 16.4. The van der Waals surface area contributed by atoms with Gasteiger partial charge in [0.15, 0.2) is 18.9 Å². The number of aliphatic hydroxyl groups is 8. The number of rotatable bonds is 16. The minimum atomic E-state index is -1.87. The maximum Gasteiger partial charge on any atom is 0.305 e. The number of nitrogens with one attached hydrogen (secondary N) is 2. The van der Waals surface area contributed by atoms with E-state index in [1.165, 1.54) is 14.0 Å². The lowest BCUT2D eigenvalue weighted by Crippen LogP contribution is -2.68. The monoisotopic (exact) mass is 714 g/mol. The molecule has 20 nitrogen and oxygen atoms in total. The van der Waals surface area contributed by atoms with Crippen LogP contribution in [0.2, 0.25) is 0 Å². The second-order valence-electron chi connectivity index (χ2n) is 12.1. The predicted octanol–water partition coefficient (Wildman–Crippen LogP) is -5.53. The summed E-state index contributed by atoms with van der Waals surface area (Å²) >= 11 is 0. The molecule has 20 heteroatoms. The fourth-order valence-electron chi connectivity index (χ4n) is 5.73. The van der Waals surface area contributed by atoms with Crippen LogP contribution in [0.1, 0.15) is 39.5 Å². The van der Waals surface area contributed by atoms with Crippen molar-refractivity contribution in [3.63, 3.8) is 0 Å². The van der Waals surface area contributed by atoms with Crippen molar-refractivity contribution in [2.45, 2.75) is 132 Å². The van der Waals surface area contributed by atoms with Gasteiger partial charge in [0, 0.05) is 26.9 Å². The Morgan fingerprint density at radius 3 is 1.78 bits per heavy atom. The molecule has 49 heavy (non-hydrogen) atoms. The van der Waals surface area contributed by atoms with Crippen LogP contribution in [0, 0.1) is 0 Å². The summed E-state index contributed by atoms with van der Waals surface area (Å²) in [4.78, 5) is 35.6. The first-order valence-electron chi connectivity index (χ1n) is 16.0. The third-order valence-electron chi connectivity index (χ3n) is 8.39. The van der Waals surface area contributed by atoms with Crippen LogP contribution < -0.4 is 10.6 Å². The summed E-state index contributed by atoms with van der Waals surface area (Å²) in [6.07, 6.45) is -18.8. The van der Waals surface area contributed by atoms with E-state index in [0.29, 0.717) is 19.3 Å². The van der Waals surface area contributed by atoms with Crippen molar-refractivity contribution in [1.82, 2.24) is 10.6 Å². The number of carbonyl (C=O) groups is 3. The molecule has 0 aromatic carbocycles. The summed E-state index contributed by atoms with van der Waals surface area (Å²) in [6, 6.07) is -2.60. The van der Waals surface area contributed by atoms with Crippen molar-refractivity contribution in [2.24, 2.45) is 0 Å². The van der Waals surface area contributed by atoms with Gasteiger partial charge in [-0.15, -0.1) is 0 Å². The van der Waals surface area contributed by atoms with Gasteiger partial charge in [0.2, 0.25) is 11.8 Å². The molecule has 0 unspecified atom stereocenters. The molecule has 0 radical (unpaired) electrons. The highest BCUT2D eigenvalue weighted by Gasteiger charge is 2.52. The summed E-state index contributed by atoms with van der Waals surface area (Å²) in [5.41, 5.74) is 0. The third kappa shape index (κ3) is 10.9. The van der Waals surface area contributed by atoms with E-state index < -0.39 is 124 Å². The Balaban J connectivity index is 1.85. The molecule has 0 aliphatic carbocycles. The van der Waals surface area contributed by atoms with E-state index >= 15 is 0 Å². The van der Waals surface area contributed by atoms with Crippen LogP contribution in [-0.2, 0) is 47.5 Å². The van der Waals surface area contributed by atoms with E-state index in [-0.39, 0.29) is 19.0 Å². The second-order valence-corrected chi connectivity index (χ2v) is 12.1. The van der Waals surface area contributed by atoms with Gasteiger partial charge in [-0.05, 0) is 12.8 Å². The molecule has 0 aromatic rings. The first kappa shape index (κ1) is 41.3. The predicted molar refractivity (Wildman–Crippen MR) is 159 cm³/mol. The molecule has 0 bridgehead atoms. The fraction of sp³-hybridized carbons (Fsp3) is 0.897. The number of methoxy groups -OCH3 is 1. The van der Waals surface area contributed by atoms with Crippen LogP contribution in [0.4, 0.5) is 0 Å². The molecule has 3 fully saturated rings. The van der Waals surface area contributed by atoms with Crippen molar-refractivity contribution in [2.75, 3.05) is 33.5 Å². The summed E-state index contributed by atoms with van der Waals surface area (Å²) in [7, 11) is 1.28. The smallest absolute Gasteiger partial charge is 0.305 e. The number of aliphatic hydroxyl groups excluding tert-OH is 8. The van der Waals surface area contributed by atoms with Gasteiger partial charge in [-0.25, -0.2) is 0 Å². The number of hydrogen-bond acceptors (Lipinski definition) is 18. The van der Waals surface area contributed by atoms with E-state index in [4.69, 9.17) is 28.4 Å². The summed E-state index contributed by atoms with van der Waals surface area (Å²) in [5.74, 6) is -1.57. The number of hydrogen-bond donors (Lipinski definition) is 10. The minimum Gasteiger partial charge on any atom is -0.469 e. The largest absolute Gasteiger partial charge is 0.469 e. The quantitative estimate of drug-likeness (QED) is 0.0527. The molecule has 0 saturated carbocycles. The highest BCUT2D eigenvalue weighted by molar-refractivity contribution is 5.73. The lowest BCUT2D eigenvalue weighted by molar-refractivity contribution is -0.349. The van der Waals surface area contributed by atoms with Crippen molar-refractivity contribution in [1.29, 1.82) is 0 Å². The normalized spacial score (nSPS) is 39.6. The van der Waals surface area contributed by atoms with Crippen LogP contribution in [0.5, 0.6) is 0 Å². The highest BCUT2D eigenvalue weighted by atomic mass is 16.7. The molecule has 2 amide bonds. The Morgan fingerprint density at radius 2 is 1.18 bits per heavy atom. The first-order chi connectivity index (χ1) is 23.2. The second kappa shape index (κ2) is 19.5.